The van der Waals surface area contributed by atoms with E-state index in [4.69, 9.17) is 9.84 Å². The van der Waals surface area contributed by atoms with E-state index in [1.807, 2.05) is 6.07 Å². The maximum Gasteiger partial charge on any atom is 0.303 e. The van der Waals surface area contributed by atoms with E-state index >= 15 is 0 Å². The van der Waals surface area contributed by atoms with E-state index in [-0.39, 0.29) is 12.3 Å². The molecule has 2 rings (SSSR count). The van der Waals surface area contributed by atoms with Gasteiger partial charge >= 0.3 is 5.97 Å². The Hall–Kier alpha value is -2.67. The van der Waals surface area contributed by atoms with Gasteiger partial charge in [0, 0.05) is 40.5 Å². The Morgan fingerprint density at radius 1 is 1.15 bits per heavy atom. The molecule has 1 unspecified atom stereocenters. The van der Waals surface area contributed by atoms with E-state index in [0.29, 0.717) is 35.8 Å². The first-order valence-corrected chi connectivity index (χ1v) is 9.82. The number of benzene rings is 2. The zero-order valence-electron chi connectivity index (χ0n) is 14.4. The number of ether oxygens (including phenoxy) is 1. The summed E-state index contributed by atoms with van der Waals surface area (Å²) in [5.41, 5.74) is 1.97. The molecule has 0 heterocycles. The van der Waals surface area contributed by atoms with Crippen molar-refractivity contribution in [3.63, 3.8) is 0 Å². The minimum absolute atomic E-state index is 0.0683. The van der Waals surface area contributed by atoms with E-state index in [1.54, 1.807) is 48.7 Å². The number of amides is 1. The van der Waals surface area contributed by atoms with Crippen LogP contribution in [0.2, 0.25) is 0 Å². The summed E-state index contributed by atoms with van der Waals surface area (Å²) in [6.45, 7) is 0.323. The third kappa shape index (κ3) is 6.68. The molecule has 0 spiro atoms. The van der Waals surface area contributed by atoms with Crippen molar-refractivity contribution in [3.05, 3.63) is 59.7 Å². The van der Waals surface area contributed by atoms with Crippen LogP contribution in [0.4, 0.5) is 5.69 Å². The second-order valence-corrected chi connectivity index (χ2v) is 7.18. The molecule has 0 saturated carbocycles. The molecule has 0 aliphatic rings. The monoisotopic (exact) mass is 375 g/mol. The van der Waals surface area contributed by atoms with Gasteiger partial charge in [0.15, 0.2) is 0 Å². The van der Waals surface area contributed by atoms with Gasteiger partial charge in [-0.25, -0.2) is 0 Å². The zero-order valence-corrected chi connectivity index (χ0v) is 15.3. The fourth-order valence-corrected chi connectivity index (χ4v) is 2.94. The molecule has 1 atom stereocenters. The van der Waals surface area contributed by atoms with E-state index in [1.165, 1.54) is 0 Å². The summed E-state index contributed by atoms with van der Waals surface area (Å²) in [5.74, 6) is -0.0692. The molecule has 2 N–H and O–H groups in total. The van der Waals surface area contributed by atoms with Gasteiger partial charge in [-0.2, -0.15) is 0 Å². The number of anilines is 1. The number of hydrogen-bond donors (Lipinski definition) is 2. The lowest BCUT2D eigenvalue weighted by Gasteiger charge is -2.09. The van der Waals surface area contributed by atoms with Crippen molar-refractivity contribution < 1.29 is 23.6 Å². The third-order valence-electron chi connectivity index (χ3n) is 3.47. The summed E-state index contributed by atoms with van der Waals surface area (Å²) in [5, 5.41) is 11.4. The van der Waals surface area contributed by atoms with Crippen LogP contribution in [0.15, 0.2) is 48.5 Å². The number of carboxylic acid groups (broad SMARTS) is 1. The van der Waals surface area contributed by atoms with Gasteiger partial charge in [0.05, 0.1) is 6.61 Å². The quantitative estimate of drug-likeness (QED) is 0.657. The molecule has 1 amide bonds. The molecule has 0 radical (unpaired) electrons. The van der Waals surface area contributed by atoms with Crippen molar-refractivity contribution in [1.82, 2.24) is 0 Å². The number of hydrogen-bond acceptors (Lipinski definition) is 4. The van der Waals surface area contributed by atoms with E-state index in [9.17, 15) is 13.8 Å². The Labute approximate surface area is 154 Å². The number of carbonyl (C=O) groups excluding carboxylic acids is 1. The maximum atomic E-state index is 12.3. The zero-order chi connectivity index (χ0) is 18.9. The maximum absolute atomic E-state index is 12.3. The SMILES string of the molecule is CS(=O)Cc1cccc(C(=O)Nc2ccc(OCCCC(=O)O)cc2)c1. The summed E-state index contributed by atoms with van der Waals surface area (Å²) in [6.07, 6.45) is 2.13. The average Bonchev–Trinajstić information content (AvgIpc) is 2.59. The number of rotatable bonds is 9. The summed E-state index contributed by atoms with van der Waals surface area (Å²) < 4.78 is 16.8. The number of carboxylic acids is 1. The largest absolute Gasteiger partial charge is 0.494 e. The lowest BCUT2D eigenvalue weighted by molar-refractivity contribution is -0.137. The van der Waals surface area contributed by atoms with Gasteiger partial charge in [-0.3, -0.25) is 13.8 Å². The molecular formula is C19H21NO5S. The van der Waals surface area contributed by atoms with Gasteiger partial charge in [-0.1, -0.05) is 12.1 Å². The molecule has 26 heavy (non-hydrogen) atoms. The molecule has 2 aromatic rings. The summed E-state index contributed by atoms with van der Waals surface area (Å²) in [7, 11) is -0.963. The Bertz CT molecular complexity index is 789. The van der Waals surface area contributed by atoms with Gasteiger partial charge in [0.25, 0.3) is 5.91 Å². The van der Waals surface area contributed by atoms with Crippen LogP contribution in [-0.4, -0.2) is 34.1 Å². The molecule has 0 saturated heterocycles. The fourth-order valence-electron chi connectivity index (χ4n) is 2.29. The minimum atomic E-state index is -0.963. The second-order valence-electron chi connectivity index (χ2n) is 5.74. The van der Waals surface area contributed by atoms with Crippen molar-refractivity contribution >= 4 is 28.4 Å². The highest BCUT2D eigenvalue weighted by Crippen LogP contribution is 2.17. The Balaban J connectivity index is 1.91. The van der Waals surface area contributed by atoms with Crippen molar-refractivity contribution in [3.8, 4) is 5.75 Å². The summed E-state index contributed by atoms with van der Waals surface area (Å²) >= 11 is 0. The van der Waals surface area contributed by atoms with E-state index in [2.05, 4.69) is 5.32 Å². The third-order valence-corrected chi connectivity index (χ3v) is 4.21. The van der Waals surface area contributed by atoms with Crippen LogP contribution in [0.1, 0.15) is 28.8 Å². The molecule has 6 nitrogen and oxygen atoms in total. The van der Waals surface area contributed by atoms with Crippen LogP contribution in [0.25, 0.3) is 0 Å². The van der Waals surface area contributed by atoms with Crippen LogP contribution in [0.5, 0.6) is 5.75 Å². The predicted octanol–water partition coefficient (Wildman–Crippen LogP) is 3.06. The highest BCUT2D eigenvalue weighted by Gasteiger charge is 2.08. The smallest absolute Gasteiger partial charge is 0.303 e. The molecule has 0 aliphatic heterocycles. The van der Waals surface area contributed by atoms with Crippen molar-refractivity contribution in [2.24, 2.45) is 0 Å². The molecule has 2 aromatic carbocycles. The Morgan fingerprint density at radius 2 is 1.88 bits per heavy atom. The van der Waals surface area contributed by atoms with Gasteiger partial charge < -0.3 is 15.2 Å². The molecular weight excluding hydrogens is 354 g/mol. The highest BCUT2D eigenvalue weighted by molar-refractivity contribution is 7.83. The standard InChI is InChI=1S/C19H21NO5S/c1-26(24)13-14-4-2-5-15(12-14)19(23)20-16-7-9-17(10-8-16)25-11-3-6-18(21)22/h2,4-5,7-10,12H,3,6,11,13H2,1H3,(H,20,23)(H,21,22). The molecule has 138 valence electrons. The predicted molar refractivity (Wildman–Crippen MR) is 101 cm³/mol. The van der Waals surface area contributed by atoms with E-state index < -0.39 is 16.8 Å². The van der Waals surface area contributed by atoms with Crippen LogP contribution in [0.3, 0.4) is 0 Å². The molecule has 0 bridgehead atoms. The first-order chi connectivity index (χ1) is 12.4. The number of carbonyl (C=O) groups is 2. The van der Waals surface area contributed by atoms with Crippen LogP contribution >= 0.6 is 0 Å². The molecule has 0 aliphatic carbocycles. The van der Waals surface area contributed by atoms with Crippen LogP contribution in [-0.2, 0) is 21.3 Å². The van der Waals surface area contributed by atoms with Crippen molar-refractivity contribution in [2.75, 3.05) is 18.2 Å². The second kappa shape index (κ2) is 9.72. The topological polar surface area (TPSA) is 92.7 Å². The minimum Gasteiger partial charge on any atom is -0.494 e. The fraction of sp³-hybridized carbons (Fsp3) is 0.263. The molecule has 0 aromatic heterocycles. The van der Waals surface area contributed by atoms with Gasteiger partial charge in [-0.15, -0.1) is 0 Å². The van der Waals surface area contributed by atoms with E-state index in [0.717, 1.165) is 5.56 Å². The molecule has 0 fully saturated rings. The summed E-state index contributed by atoms with van der Waals surface area (Å²) in [4.78, 5) is 22.8. The van der Waals surface area contributed by atoms with Gasteiger partial charge in [0.1, 0.15) is 5.75 Å². The van der Waals surface area contributed by atoms with Crippen molar-refractivity contribution in [1.29, 1.82) is 0 Å². The summed E-state index contributed by atoms with van der Waals surface area (Å²) in [6, 6.07) is 13.9. The van der Waals surface area contributed by atoms with Gasteiger partial charge in [-0.05, 0) is 48.4 Å². The first kappa shape index (κ1) is 19.7. The van der Waals surface area contributed by atoms with Crippen LogP contribution in [0, 0.1) is 0 Å². The lowest BCUT2D eigenvalue weighted by atomic mass is 10.1. The van der Waals surface area contributed by atoms with Crippen LogP contribution < -0.4 is 10.1 Å². The first-order valence-electron chi connectivity index (χ1n) is 8.09. The lowest BCUT2D eigenvalue weighted by Crippen LogP contribution is -2.12. The number of nitrogens with one attached hydrogen (secondary N) is 1. The van der Waals surface area contributed by atoms with Gasteiger partial charge in [0.2, 0.25) is 0 Å². The highest BCUT2D eigenvalue weighted by atomic mass is 32.2. The molecule has 7 heteroatoms. The van der Waals surface area contributed by atoms with Crippen molar-refractivity contribution in [2.45, 2.75) is 18.6 Å². The average molecular weight is 375 g/mol. The Kier molecular flexibility index (Phi) is 7.35. The number of aliphatic carboxylic acids is 1. The normalized spacial score (nSPS) is 11.6. The Morgan fingerprint density at radius 3 is 2.54 bits per heavy atom.